The zero-order valence-corrected chi connectivity index (χ0v) is 13.5. The zero-order chi connectivity index (χ0) is 16.7. The highest BCUT2D eigenvalue weighted by Crippen LogP contribution is 2.30. The molecule has 0 bridgehead atoms. The molecule has 24 heavy (non-hydrogen) atoms. The van der Waals surface area contributed by atoms with Gasteiger partial charge in [-0.25, -0.2) is 4.79 Å². The van der Waals surface area contributed by atoms with Crippen molar-refractivity contribution >= 4 is 17.6 Å². The summed E-state index contributed by atoms with van der Waals surface area (Å²) >= 11 is 0. The van der Waals surface area contributed by atoms with Crippen molar-refractivity contribution in [1.29, 1.82) is 0 Å². The number of urea groups is 1. The molecule has 0 spiro atoms. The molecule has 0 aromatic heterocycles. The first-order chi connectivity index (χ1) is 11.7. The number of nitrogens with zero attached hydrogens (tertiary/aromatic N) is 3. The minimum atomic E-state index is -0.676. The Morgan fingerprint density at radius 3 is 2.54 bits per heavy atom. The van der Waals surface area contributed by atoms with E-state index in [-0.39, 0.29) is 11.9 Å². The molecular formula is C17H20N4O3. The van der Waals surface area contributed by atoms with Gasteiger partial charge in [0.05, 0.1) is 7.11 Å². The summed E-state index contributed by atoms with van der Waals surface area (Å²) in [6.45, 7) is 0.662. The third-order valence-electron chi connectivity index (χ3n) is 4.87. The van der Waals surface area contributed by atoms with Gasteiger partial charge in [-0.2, -0.15) is 5.43 Å². The fourth-order valence-corrected chi connectivity index (χ4v) is 3.20. The van der Waals surface area contributed by atoms with Gasteiger partial charge in [-0.1, -0.05) is 6.42 Å². The summed E-state index contributed by atoms with van der Waals surface area (Å²) in [5.41, 5.74) is 3.80. The Morgan fingerprint density at radius 1 is 1.17 bits per heavy atom. The normalized spacial score (nSPS) is 23.5. The Morgan fingerprint density at radius 2 is 1.92 bits per heavy atom. The van der Waals surface area contributed by atoms with Crippen molar-refractivity contribution in [2.75, 3.05) is 18.6 Å². The molecule has 1 aliphatic carbocycles. The van der Waals surface area contributed by atoms with E-state index in [0.29, 0.717) is 12.5 Å². The monoisotopic (exact) mass is 328 g/mol. The predicted octanol–water partition coefficient (Wildman–Crippen LogP) is 1.88. The van der Waals surface area contributed by atoms with Crippen LogP contribution in [-0.4, -0.2) is 41.7 Å². The Bertz CT molecular complexity index is 684. The number of hydrogen-bond donors (Lipinski definition) is 1. The fourth-order valence-electron chi connectivity index (χ4n) is 3.20. The number of anilines is 1. The maximum atomic E-state index is 12.8. The summed E-state index contributed by atoms with van der Waals surface area (Å²) in [4.78, 5) is 28.2. The highest BCUT2D eigenvalue weighted by atomic mass is 16.5. The number of amides is 3. The van der Waals surface area contributed by atoms with E-state index in [1.807, 2.05) is 12.1 Å². The zero-order valence-electron chi connectivity index (χ0n) is 13.5. The number of fused-ring (bicyclic) bond motifs is 1. The number of rotatable bonds is 4. The van der Waals surface area contributed by atoms with Gasteiger partial charge in [0.1, 0.15) is 5.75 Å². The molecule has 3 aliphatic rings. The summed E-state index contributed by atoms with van der Waals surface area (Å²) in [7, 11) is 1.60. The van der Waals surface area contributed by atoms with Gasteiger partial charge in [0.15, 0.2) is 6.17 Å². The fraction of sp³-hybridized carbons (Fsp3) is 0.412. The van der Waals surface area contributed by atoms with E-state index in [4.69, 9.17) is 4.74 Å². The number of methoxy groups -OCH3 is 1. The van der Waals surface area contributed by atoms with Gasteiger partial charge in [0.25, 0.3) is 5.91 Å². The number of carbonyl (C=O) groups excluding carboxylic acids is 2. The van der Waals surface area contributed by atoms with Gasteiger partial charge >= 0.3 is 6.03 Å². The number of nitrogens with one attached hydrogen (secondary N) is 1. The third kappa shape index (κ3) is 2.41. The van der Waals surface area contributed by atoms with Gasteiger partial charge in [0, 0.05) is 24.6 Å². The highest BCUT2D eigenvalue weighted by Gasteiger charge is 2.45. The van der Waals surface area contributed by atoms with Crippen molar-refractivity contribution in [3.8, 4) is 5.75 Å². The summed E-state index contributed by atoms with van der Waals surface area (Å²) in [6.07, 6.45) is 6.14. The van der Waals surface area contributed by atoms with Crippen LogP contribution >= 0.6 is 0 Å². The van der Waals surface area contributed by atoms with Gasteiger partial charge < -0.3 is 4.74 Å². The number of ether oxygens (including phenoxy) is 1. The van der Waals surface area contributed by atoms with E-state index >= 15 is 0 Å². The first-order valence-corrected chi connectivity index (χ1v) is 8.19. The predicted molar refractivity (Wildman–Crippen MR) is 87.8 cm³/mol. The van der Waals surface area contributed by atoms with Crippen molar-refractivity contribution < 1.29 is 14.3 Å². The quantitative estimate of drug-likeness (QED) is 0.916. The summed E-state index contributed by atoms with van der Waals surface area (Å²) < 4.78 is 5.14. The Kier molecular flexibility index (Phi) is 3.65. The van der Waals surface area contributed by atoms with Crippen LogP contribution in [0.15, 0.2) is 36.7 Å². The van der Waals surface area contributed by atoms with Crippen molar-refractivity contribution in [2.45, 2.75) is 25.4 Å². The lowest BCUT2D eigenvalue weighted by molar-refractivity contribution is -0.122. The first kappa shape index (κ1) is 15.0. The molecule has 1 aromatic rings. The number of hydrazine groups is 1. The smallest absolute Gasteiger partial charge is 0.340 e. The van der Waals surface area contributed by atoms with Crippen LogP contribution in [-0.2, 0) is 4.79 Å². The second kappa shape index (κ2) is 5.83. The van der Waals surface area contributed by atoms with Crippen LogP contribution in [0.25, 0.3) is 0 Å². The molecule has 2 fully saturated rings. The van der Waals surface area contributed by atoms with Gasteiger partial charge in [0.2, 0.25) is 0 Å². The summed E-state index contributed by atoms with van der Waals surface area (Å²) in [6, 6.07) is 7.09. The lowest BCUT2D eigenvalue weighted by Gasteiger charge is -2.30. The lowest BCUT2D eigenvalue weighted by atomic mass is 9.85. The average molecular weight is 328 g/mol. The SMILES string of the molecule is COc1ccc(N2C=CN3C(=O)N(CC4CCC4)NC3C2=O)cc1. The molecule has 1 atom stereocenters. The standard InChI is InChI=1S/C17H20N4O3/c1-24-14-7-5-13(6-8-14)19-9-10-20-15(16(19)22)18-21(17(20)23)11-12-3-2-4-12/h5-10,12,15,18H,2-4,11H2,1H3. The van der Waals surface area contributed by atoms with Crippen LogP contribution < -0.4 is 15.1 Å². The maximum Gasteiger partial charge on any atom is 0.340 e. The molecule has 1 saturated carbocycles. The molecule has 3 amide bonds. The van der Waals surface area contributed by atoms with E-state index in [0.717, 1.165) is 24.3 Å². The number of benzene rings is 1. The number of hydrogen-bond acceptors (Lipinski definition) is 4. The van der Waals surface area contributed by atoms with E-state index in [1.165, 1.54) is 11.3 Å². The lowest BCUT2D eigenvalue weighted by Crippen LogP contribution is -2.52. The molecule has 0 radical (unpaired) electrons. The van der Waals surface area contributed by atoms with Gasteiger partial charge in [-0.15, -0.1) is 0 Å². The number of carbonyl (C=O) groups is 2. The summed E-state index contributed by atoms with van der Waals surface area (Å²) in [5.74, 6) is 1.10. The van der Waals surface area contributed by atoms with Crippen molar-refractivity contribution in [3.63, 3.8) is 0 Å². The maximum absolute atomic E-state index is 12.8. The van der Waals surface area contributed by atoms with Crippen LogP contribution in [0.3, 0.4) is 0 Å². The molecule has 4 rings (SSSR count). The van der Waals surface area contributed by atoms with E-state index in [9.17, 15) is 9.59 Å². The van der Waals surface area contributed by atoms with Crippen LogP contribution in [0.4, 0.5) is 10.5 Å². The molecule has 126 valence electrons. The average Bonchev–Trinajstić information content (AvgIpc) is 2.89. The van der Waals surface area contributed by atoms with Crippen LogP contribution in [0, 0.1) is 5.92 Å². The molecule has 1 N–H and O–H groups in total. The Labute approximate surface area is 140 Å². The molecule has 1 aromatic carbocycles. The van der Waals surface area contributed by atoms with E-state index in [1.54, 1.807) is 41.6 Å². The van der Waals surface area contributed by atoms with Crippen molar-refractivity contribution in [1.82, 2.24) is 15.3 Å². The van der Waals surface area contributed by atoms with Crippen molar-refractivity contribution in [3.05, 3.63) is 36.7 Å². The third-order valence-corrected chi connectivity index (χ3v) is 4.87. The Balaban J connectivity index is 1.51. The summed E-state index contributed by atoms with van der Waals surface area (Å²) in [5, 5.41) is 1.58. The van der Waals surface area contributed by atoms with E-state index < -0.39 is 6.17 Å². The molecule has 1 saturated heterocycles. The molecular weight excluding hydrogens is 308 g/mol. The van der Waals surface area contributed by atoms with Crippen LogP contribution in [0.1, 0.15) is 19.3 Å². The molecule has 7 nitrogen and oxygen atoms in total. The molecule has 7 heteroatoms. The second-order valence-corrected chi connectivity index (χ2v) is 6.33. The topological polar surface area (TPSA) is 65.1 Å². The van der Waals surface area contributed by atoms with Gasteiger partial charge in [-0.05, 0) is 43.0 Å². The molecule has 1 unspecified atom stereocenters. The van der Waals surface area contributed by atoms with Crippen LogP contribution in [0.2, 0.25) is 0 Å². The molecule has 2 heterocycles. The first-order valence-electron chi connectivity index (χ1n) is 8.19. The van der Waals surface area contributed by atoms with E-state index in [2.05, 4.69) is 5.43 Å². The minimum Gasteiger partial charge on any atom is -0.497 e. The largest absolute Gasteiger partial charge is 0.497 e. The second-order valence-electron chi connectivity index (χ2n) is 6.33. The molecule has 2 aliphatic heterocycles. The Hall–Kier alpha value is -2.54. The highest BCUT2D eigenvalue weighted by molar-refractivity contribution is 6.02. The minimum absolute atomic E-state index is 0.161. The van der Waals surface area contributed by atoms with Gasteiger partial charge in [-0.3, -0.25) is 19.6 Å². The van der Waals surface area contributed by atoms with Crippen molar-refractivity contribution in [2.24, 2.45) is 5.92 Å². The van der Waals surface area contributed by atoms with Crippen LogP contribution in [0.5, 0.6) is 5.75 Å².